The van der Waals surface area contributed by atoms with Crippen LogP contribution in [0.1, 0.15) is 60.8 Å². The van der Waals surface area contributed by atoms with Gasteiger partial charge >= 0.3 is 0 Å². The molecule has 0 heterocycles. The van der Waals surface area contributed by atoms with E-state index in [-0.39, 0.29) is 0 Å². The highest BCUT2D eigenvalue weighted by atomic mass is 32.2. The minimum Gasteiger partial charge on any atom is -0.329 e. The molecule has 0 rings (SSSR count). The number of rotatable bonds is 7. The van der Waals surface area contributed by atoms with Crippen molar-refractivity contribution in [1.29, 1.82) is 0 Å². The zero-order valence-corrected chi connectivity index (χ0v) is 13.6. The van der Waals surface area contributed by atoms with E-state index in [1.807, 2.05) is 20.8 Å². The first-order valence-electron chi connectivity index (χ1n) is 6.85. The molecule has 0 saturated carbocycles. The van der Waals surface area contributed by atoms with Gasteiger partial charge in [0.25, 0.3) is 0 Å². The van der Waals surface area contributed by atoms with Gasteiger partial charge < -0.3 is 5.73 Å². The van der Waals surface area contributed by atoms with Crippen molar-refractivity contribution >= 4 is 10.0 Å². The van der Waals surface area contributed by atoms with Crippen LogP contribution in [0.4, 0.5) is 0 Å². The SMILES string of the molecule is CCCN(C(CC)(CC)CN)S(=O)(=O)C(C)(C)C. The molecule has 4 nitrogen and oxygen atoms in total. The second kappa shape index (κ2) is 6.35. The zero-order valence-electron chi connectivity index (χ0n) is 12.8. The van der Waals surface area contributed by atoms with Crippen LogP contribution in [0.3, 0.4) is 0 Å². The predicted molar refractivity (Wildman–Crippen MR) is 78.0 cm³/mol. The van der Waals surface area contributed by atoms with Gasteiger partial charge in [0.15, 0.2) is 0 Å². The standard InChI is InChI=1S/C13H30N2O2S/c1-7-10-15(13(8-2,9-3)11-14)18(16,17)12(4,5)6/h7-11,14H2,1-6H3. The fourth-order valence-corrected chi connectivity index (χ4v) is 4.07. The van der Waals surface area contributed by atoms with Gasteiger partial charge in [-0.05, 0) is 40.0 Å². The van der Waals surface area contributed by atoms with E-state index in [2.05, 4.69) is 0 Å². The molecule has 0 radical (unpaired) electrons. The van der Waals surface area contributed by atoms with Crippen LogP contribution < -0.4 is 5.73 Å². The van der Waals surface area contributed by atoms with Crippen LogP contribution in [0.5, 0.6) is 0 Å². The average Bonchev–Trinajstić information content (AvgIpc) is 2.29. The van der Waals surface area contributed by atoms with Gasteiger partial charge in [0.05, 0.1) is 4.75 Å². The predicted octanol–water partition coefficient (Wildman–Crippen LogP) is 2.34. The highest BCUT2D eigenvalue weighted by Crippen LogP contribution is 2.31. The van der Waals surface area contributed by atoms with E-state index < -0.39 is 20.3 Å². The van der Waals surface area contributed by atoms with Gasteiger partial charge in [0, 0.05) is 18.6 Å². The van der Waals surface area contributed by atoms with Crippen molar-refractivity contribution in [2.45, 2.75) is 71.1 Å². The first-order chi connectivity index (χ1) is 8.12. The van der Waals surface area contributed by atoms with Gasteiger partial charge in [0.2, 0.25) is 10.0 Å². The van der Waals surface area contributed by atoms with E-state index >= 15 is 0 Å². The maximum Gasteiger partial charge on any atom is 0.219 e. The van der Waals surface area contributed by atoms with Gasteiger partial charge in [0.1, 0.15) is 0 Å². The van der Waals surface area contributed by atoms with Crippen molar-refractivity contribution in [3.8, 4) is 0 Å². The van der Waals surface area contributed by atoms with Crippen LogP contribution in [-0.2, 0) is 10.0 Å². The molecule has 2 N–H and O–H groups in total. The molecule has 0 aliphatic rings. The lowest BCUT2D eigenvalue weighted by molar-refractivity contribution is 0.174. The van der Waals surface area contributed by atoms with Crippen LogP contribution in [0, 0.1) is 0 Å². The maximum atomic E-state index is 12.7. The maximum absolute atomic E-state index is 12.7. The quantitative estimate of drug-likeness (QED) is 0.777. The number of nitrogens with zero attached hydrogens (tertiary/aromatic N) is 1. The van der Waals surface area contributed by atoms with Crippen molar-refractivity contribution < 1.29 is 8.42 Å². The molecule has 0 spiro atoms. The van der Waals surface area contributed by atoms with E-state index in [1.165, 1.54) is 0 Å². The molecule has 0 saturated heterocycles. The molecule has 0 aliphatic carbocycles. The first-order valence-corrected chi connectivity index (χ1v) is 8.29. The Morgan fingerprint density at radius 1 is 1.06 bits per heavy atom. The minimum absolute atomic E-state index is 0.370. The summed E-state index contributed by atoms with van der Waals surface area (Å²) in [6.07, 6.45) is 2.29. The Bertz CT molecular complexity index is 332. The van der Waals surface area contributed by atoms with E-state index in [1.54, 1.807) is 25.1 Å². The monoisotopic (exact) mass is 278 g/mol. The van der Waals surface area contributed by atoms with Crippen LogP contribution in [0.15, 0.2) is 0 Å². The molecule has 0 atom stereocenters. The molecule has 0 fully saturated rings. The van der Waals surface area contributed by atoms with Crippen LogP contribution in [0.25, 0.3) is 0 Å². The molecule has 0 aromatic carbocycles. The first kappa shape index (κ1) is 17.9. The summed E-state index contributed by atoms with van der Waals surface area (Å²) in [5.41, 5.74) is 5.45. The average molecular weight is 278 g/mol. The number of hydrogen-bond acceptors (Lipinski definition) is 3. The Kier molecular flexibility index (Phi) is 6.30. The molecule has 0 bridgehead atoms. The van der Waals surface area contributed by atoms with Crippen molar-refractivity contribution in [2.24, 2.45) is 5.73 Å². The van der Waals surface area contributed by atoms with Gasteiger partial charge in [-0.15, -0.1) is 0 Å². The molecule has 0 aromatic rings. The minimum atomic E-state index is -3.34. The smallest absolute Gasteiger partial charge is 0.219 e. The van der Waals surface area contributed by atoms with Crippen molar-refractivity contribution in [1.82, 2.24) is 4.31 Å². The lowest BCUT2D eigenvalue weighted by atomic mass is 9.93. The second-order valence-electron chi connectivity index (χ2n) is 5.83. The van der Waals surface area contributed by atoms with Crippen LogP contribution in [0.2, 0.25) is 0 Å². The Morgan fingerprint density at radius 2 is 1.50 bits per heavy atom. The molecule has 0 aromatic heterocycles. The van der Waals surface area contributed by atoms with E-state index in [9.17, 15) is 8.42 Å². The van der Waals surface area contributed by atoms with E-state index in [0.29, 0.717) is 13.1 Å². The van der Waals surface area contributed by atoms with Gasteiger partial charge in [-0.2, -0.15) is 4.31 Å². The third-order valence-electron chi connectivity index (χ3n) is 3.72. The van der Waals surface area contributed by atoms with Crippen molar-refractivity contribution in [3.05, 3.63) is 0 Å². The van der Waals surface area contributed by atoms with Crippen LogP contribution in [-0.4, -0.2) is 36.1 Å². The van der Waals surface area contributed by atoms with Gasteiger partial charge in [-0.3, -0.25) is 0 Å². The summed E-state index contributed by atoms with van der Waals surface area (Å²) in [7, 11) is -3.34. The topological polar surface area (TPSA) is 63.4 Å². The van der Waals surface area contributed by atoms with Crippen LogP contribution >= 0.6 is 0 Å². The third kappa shape index (κ3) is 3.25. The summed E-state index contributed by atoms with van der Waals surface area (Å²) in [5, 5.41) is 0. The summed E-state index contributed by atoms with van der Waals surface area (Å²) in [4.78, 5) is 0. The fraction of sp³-hybridized carbons (Fsp3) is 1.00. The van der Waals surface area contributed by atoms with E-state index in [4.69, 9.17) is 5.73 Å². The van der Waals surface area contributed by atoms with Crippen molar-refractivity contribution in [2.75, 3.05) is 13.1 Å². The summed E-state index contributed by atoms with van der Waals surface area (Å²) in [6, 6.07) is 0. The molecular weight excluding hydrogens is 248 g/mol. The number of nitrogens with two attached hydrogens (primary N) is 1. The molecule has 110 valence electrons. The highest BCUT2D eigenvalue weighted by molar-refractivity contribution is 7.90. The molecule has 0 aliphatic heterocycles. The number of sulfonamides is 1. The number of hydrogen-bond donors (Lipinski definition) is 1. The molecular formula is C13H30N2O2S. The Labute approximate surface area is 113 Å². The lowest BCUT2D eigenvalue weighted by Gasteiger charge is -2.44. The van der Waals surface area contributed by atoms with Gasteiger partial charge in [-0.1, -0.05) is 20.8 Å². The Hall–Kier alpha value is -0.130. The molecule has 5 heteroatoms. The Morgan fingerprint density at radius 3 is 1.72 bits per heavy atom. The second-order valence-corrected chi connectivity index (χ2v) is 8.44. The summed E-state index contributed by atoms with van der Waals surface area (Å²) in [6.45, 7) is 12.2. The van der Waals surface area contributed by atoms with E-state index in [0.717, 1.165) is 19.3 Å². The molecule has 0 unspecified atom stereocenters. The third-order valence-corrected chi connectivity index (χ3v) is 6.41. The zero-order chi connectivity index (χ0) is 14.6. The molecule has 0 amide bonds. The lowest BCUT2D eigenvalue weighted by Crippen LogP contribution is -2.59. The van der Waals surface area contributed by atoms with Gasteiger partial charge in [-0.25, -0.2) is 8.42 Å². The summed E-state index contributed by atoms with van der Waals surface area (Å²) < 4.78 is 26.3. The Balaban J connectivity index is 5.71. The summed E-state index contributed by atoms with van der Waals surface area (Å²) >= 11 is 0. The highest BCUT2D eigenvalue weighted by Gasteiger charge is 2.44. The molecule has 18 heavy (non-hydrogen) atoms. The summed E-state index contributed by atoms with van der Waals surface area (Å²) in [5.74, 6) is 0. The largest absolute Gasteiger partial charge is 0.329 e. The normalized spacial score (nSPS) is 14.2. The fourth-order valence-electron chi connectivity index (χ4n) is 2.14. The van der Waals surface area contributed by atoms with Crippen molar-refractivity contribution in [3.63, 3.8) is 0 Å².